The first-order valence-electron chi connectivity index (χ1n) is 10.3. The monoisotopic (exact) mass is 460 g/mol. The number of hydrogen-bond donors (Lipinski definition) is 1. The molecule has 33 heavy (non-hydrogen) atoms. The van der Waals surface area contributed by atoms with Gasteiger partial charge in [0.1, 0.15) is 5.82 Å². The van der Waals surface area contributed by atoms with Crippen LogP contribution in [-0.2, 0) is 14.3 Å². The van der Waals surface area contributed by atoms with Gasteiger partial charge in [-0.1, -0.05) is 60.3 Å². The number of halogens is 1. The van der Waals surface area contributed by atoms with E-state index in [1.807, 2.05) is 43.3 Å². The number of nitrogens with zero attached hydrogens (tertiary/aromatic N) is 1. The van der Waals surface area contributed by atoms with E-state index in [9.17, 15) is 14.0 Å². The van der Waals surface area contributed by atoms with Crippen molar-refractivity contribution in [2.24, 2.45) is 0 Å². The molecule has 0 spiro atoms. The van der Waals surface area contributed by atoms with E-state index >= 15 is 0 Å². The number of aromatic nitrogens is 1. The number of aryl methyl sites for hydroxylation is 1. The number of carbonyl (C=O) groups excluding carboxylic acids is 2. The van der Waals surface area contributed by atoms with Crippen molar-refractivity contribution in [3.63, 3.8) is 0 Å². The van der Waals surface area contributed by atoms with E-state index in [1.54, 1.807) is 24.3 Å². The van der Waals surface area contributed by atoms with Crippen LogP contribution in [0.2, 0.25) is 0 Å². The molecule has 0 radical (unpaired) electrons. The standard InChI is InChI=1S/C26H21FN2O3S/c1-17-15-23(29-22-10-6-5-9-21(17)22)33-16-24(30)32-25(18-7-3-2-4-8-18)26(31)28-20-13-11-19(27)12-14-20/h2-15,25H,16H2,1H3,(H,28,31)/t25-/m1/s1. The number of para-hydroxylation sites is 1. The van der Waals surface area contributed by atoms with Gasteiger partial charge in [0.05, 0.1) is 16.3 Å². The van der Waals surface area contributed by atoms with Crippen LogP contribution >= 0.6 is 11.8 Å². The van der Waals surface area contributed by atoms with Crippen molar-refractivity contribution in [1.29, 1.82) is 0 Å². The zero-order valence-electron chi connectivity index (χ0n) is 17.8. The maximum Gasteiger partial charge on any atom is 0.317 e. The third kappa shape index (κ3) is 5.75. The Balaban J connectivity index is 1.46. The number of carbonyl (C=O) groups is 2. The number of ether oxygens (including phenoxy) is 1. The zero-order chi connectivity index (χ0) is 23.2. The van der Waals surface area contributed by atoms with Crippen molar-refractivity contribution >= 4 is 40.2 Å². The Hall–Kier alpha value is -3.71. The Bertz CT molecular complexity index is 1280. The van der Waals surface area contributed by atoms with Crippen LogP contribution in [-0.4, -0.2) is 22.6 Å². The molecule has 0 saturated heterocycles. The molecule has 1 N–H and O–H groups in total. The summed E-state index contributed by atoms with van der Waals surface area (Å²) in [4.78, 5) is 30.1. The molecule has 0 aliphatic rings. The fraction of sp³-hybridized carbons (Fsp3) is 0.115. The lowest BCUT2D eigenvalue weighted by molar-refractivity contribution is -0.152. The summed E-state index contributed by atoms with van der Waals surface area (Å²) in [5.41, 5.74) is 2.87. The summed E-state index contributed by atoms with van der Waals surface area (Å²) in [5, 5.41) is 4.44. The second kappa shape index (κ2) is 10.3. The van der Waals surface area contributed by atoms with E-state index in [0.29, 0.717) is 16.3 Å². The Morgan fingerprint density at radius 3 is 2.45 bits per heavy atom. The molecule has 1 atom stereocenters. The first-order valence-corrected chi connectivity index (χ1v) is 11.3. The Kier molecular flexibility index (Phi) is 7.00. The Labute approximate surface area is 195 Å². The molecule has 0 fully saturated rings. The number of fused-ring (bicyclic) bond motifs is 1. The highest BCUT2D eigenvalue weighted by molar-refractivity contribution is 7.99. The van der Waals surface area contributed by atoms with Crippen LogP contribution in [0, 0.1) is 12.7 Å². The Morgan fingerprint density at radius 2 is 1.70 bits per heavy atom. The predicted octanol–water partition coefficient (Wildman–Crippen LogP) is 5.70. The molecule has 0 bridgehead atoms. The van der Waals surface area contributed by atoms with Gasteiger partial charge in [-0.25, -0.2) is 9.37 Å². The van der Waals surface area contributed by atoms with Crippen LogP contribution in [0.1, 0.15) is 17.2 Å². The molecule has 0 unspecified atom stereocenters. The summed E-state index contributed by atoms with van der Waals surface area (Å²) < 4.78 is 18.7. The third-order valence-corrected chi connectivity index (χ3v) is 5.82. The van der Waals surface area contributed by atoms with E-state index in [-0.39, 0.29) is 5.75 Å². The van der Waals surface area contributed by atoms with Crippen LogP contribution in [0.25, 0.3) is 10.9 Å². The van der Waals surface area contributed by atoms with Crippen LogP contribution in [0.3, 0.4) is 0 Å². The van der Waals surface area contributed by atoms with Crippen molar-refractivity contribution in [3.8, 4) is 0 Å². The second-order valence-electron chi connectivity index (χ2n) is 7.36. The van der Waals surface area contributed by atoms with Crippen LogP contribution in [0.5, 0.6) is 0 Å². The van der Waals surface area contributed by atoms with Gasteiger partial charge in [-0.15, -0.1) is 0 Å². The number of benzene rings is 3. The van der Waals surface area contributed by atoms with Gasteiger partial charge in [0.15, 0.2) is 0 Å². The van der Waals surface area contributed by atoms with Gasteiger partial charge in [-0.3, -0.25) is 9.59 Å². The summed E-state index contributed by atoms with van der Waals surface area (Å²) in [6, 6.07) is 23.9. The minimum atomic E-state index is -1.14. The van der Waals surface area contributed by atoms with Gasteiger partial charge >= 0.3 is 5.97 Å². The molecule has 5 nitrogen and oxygen atoms in total. The van der Waals surface area contributed by atoms with Crippen molar-refractivity contribution in [3.05, 3.63) is 102 Å². The first kappa shape index (κ1) is 22.5. The van der Waals surface area contributed by atoms with Crippen LogP contribution in [0.4, 0.5) is 10.1 Å². The van der Waals surface area contributed by atoms with E-state index in [1.165, 1.54) is 36.0 Å². The van der Waals surface area contributed by atoms with E-state index in [0.717, 1.165) is 16.5 Å². The number of anilines is 1. The molecule has 0 aliphatic heterocycles. The first-order chi connectivity index (χ1) is 16.0. The zero-order valence-corrected chi connectivity index (χ0v) is 18.6. The van der Waals surface area contributed by atoms with E-state index < -0.39 is 23.8 Å². The molecule has 1 aromatic heterocycles. The molecule has 1 heterocycles. The molecule has 4 aromatic rings. The van der Waals surface area contributed by atoms with Crippen molar-refractivity contribution in [2.75, 3.05) is 11.1 Å². The highest BCUT2D eigenvalue weighted by Gasteiger charge is 2.25. The summed E-state index contributed by atoms with van der Waals surface area (Å²) in [5.74, 6) is -1.48. The number of nitrogens with one attached hydrogen (secondary N) is 1. The topological polar surface area (TPSA) is 68.3 Å². The smallest absolute Gasteiger partial charge is 0.317 e. The second-order valence-corrected chi connectivity index (χ2v) is 8.36. The molecule has 0 aliphatic carbocycles. The lowest BCUT2D eigenvalue weighted by atomic mass is 10.1. The SMILES string of the molecule is Cc1cc(SCC(=O)O[C@@H](C(=O)Nc2ccc(F)cc2)c2ccccc2)nc2ccccc12. The maximum atomic E-state index is 13.2. The minimum absolute atomic E-state index is 0.00204. The van der Waals surface area contributed by atoms with Gasteiger partial charge in [-0.05, 0) is 48.9 Å². The van der Waals surface area contributed by atoms with E-state index in [2.05, 4.69) is 10.3 Å². The highest BCUT2D eigenvalue weighted by Crippen LogP contribution is 2.25. The summed E-state index contributed by atoms with van der Waals surface area (Å²) in [7, 11) is 0. The molecular weight excluding hydrogens is 439 g/mol. The average molecular weight is 461 g/mol. The summed E-state index contributed by atoms with van der Waals surface area (Å²) >= 11 is 1.25. The molecule has 4 rings (SSSR count). The van der Waals surface area contributed by atoms with Crippen molar-refractivity contribution < 1.29 is 18.7 Å². The van der Waals surface area contributed by atoms with Crippen molar-refractivity contribution in [2.45, 2.75) is 18.1 Å². The lowest BCUT2D eigenvalue weighted by Crippen LogP contribution is -2.26. The normalized spacial score (nSPS) is 11.7. The molecule has 7 heteroatoms. The van der Waals surface area contributed by atoms with Gasteiger partial charge in [0.2, 0.25) is 6.10 Å². The Morgan fingerprint density at radius 1 is 1.00 bits per heavy atom. The van der Waals surface area contributed by atoms with Crippen LogP contribution in [0.15, 0.2) is 90.0 Å². The number of amides is 1. The highest BCUT2D eigenvalue weighted by atomic mass is 32.2. The van der Waals surface area contributed by atoms with Gasteiger partial charge < -0.3 is 10.1 Å². The molecule has 0 saturated carbocycles. The molecule has 1 amide bonds. The number of pyridine rings is 1. The number of thioether (sulfide) groups is 1. The van der Waals surface area contributed by atoms with Gasteiger partial charge in [0, 0.05) is 16.6 Å². The van der Waals surface area contributed by atoms with Gasteiger partial charge in [-0.2, -0.15) is 0 Å². The van der Waals surface area contributed by atoms with Crippen LogP contribution < -0.4 is 5.32 Å². The quantitative estimate of drug-likeness (QED) is 0.283. The fourth-order valence-electron chi connectivity index (χ4n) is 3.33. The minimum Gasteiger partial charge on any atom is -0.447 e. The number of rotatable bonds is 7. The lowest BCUT2D eigenvalue weighted by Gasteiger charge is -2.18. The third-order valence-electron chi connectivity index (χ3n) is 4.94. The number of esters is 1. The van der Waals surface area contributed by atoms with E-state index in [4.69, 9.17) is 4.74 Å². The predicted molar refractivity (Wildman–Crippen MR) is 128 cm³/mol. The molecular formula is C26H21FN2O3S. The average Bonchev–Trinajstić information content (AvgIpc) is 2.83. The van der Waals surface area contributed by atoms with Gasteiger partial charge in [0.25, 0.3) is 5.91 Å². The summed E-state index contributed by atoms with van der Waals surface area (Å²) in [6.45, 7) is 2.00. The van der Waals surface area contributed by atoms with Crippen molar-refractivity contribution in [1.82, 2.24) is 4.98 Å². The molecule has 3 aromatic carbocycles. The number of hydrogen-bond acceptors (Lipinski definition) is 5. The maximum absolute atomic E-state index is 13.2. The summed E-state index contributed by atoms with van der Waals surface area (Å²) in [6.07, 6.45) is -1.14. The fourth-order valence-corrected chi connectivity index (χ4v) is 4.09. The molecule has 166 valence electrons. The largest absolute Gasteiger partial charge is 0.447 e.